The van der Waals surface area contributed by atoms with Gasteiger partial charge in [0.15, 0.2) is 6.61 Å². The van der Waals surface area contributed by atoms with E-state index in [1.807, 2.05) is 76.2 Å². The van der Waals surface area contributed by atoms with Gasteiger partial charge in [0.1, 0.15) is 11.8 Å². The normalized spacial score (nSPS) is 11.6. The van der Waals surface area contributed by atoms with Crippen molar-refractivity contribution in [2.45, 2.75) is 53.1 Å². The topological polar surface area (TPSA) is 58.6 Å². The number of halogens is 1. The molecule has 0 aliphatic rings. The van der Waals surface area contributed by atoms with Gasteiger partial charge in [-0.15, -0.1) is 0 Å². The quantitative estimate of drug-likeness (QED) is 0.357. The number of ether oxygens (including phenoxy) is 1. The van der Waals surface area contributed by atoms with E-state index in [-0.39, 0.29) is 25.0 Å². The van der Waals surface area contributed by atoms with E-state index in [1.54, 1.807) is 17.0 Å². The van der Waals surface area contributed by atoms with Crippen LogP contribution in [0.3, 0.4) is 0 Å². The third-order valence-electron chi connectivity index (χ3n) is 6.20. The molecule has 0 fully saturated rings. The number of carbonyl (C=O) groups excluding carboxylic acids is 2. The van der Waals surface area contributed by atoms with Crippen LogP contribution in [0.4, 0.5) is 0 Å². The van der Waals surface area contributed by atoms with Crippen LogP contribution in [0.1, 0.15) is 41.2 Å². The van der Waals surface area contributed by atoms with Gasteiger partial charge >= 0.3 is 0 Å². The number of carbonyl (C=O) groups is 2. The monoisotopic (exact) mass is 506 g/mol. The van der Waals surface area contributed by atoms with E-state index >= 15 is 0 Å². The number of amides is 2. The molecule has 190 valence electrons. The van der Waals surface area contributed by atoms with Crippen molar-refractivity contribution in [3.63, 3.8) is 0 Å². The summed E-state index contributed by atoms with van der Waals surface area (Å²) in [6.45, 7) is 8.66. The van der Waals surface area contributed by atoms with Crippen molar-refractivity contribution in [2.75, 3.05) is 13.2 Å². The summed E-state index contributed by atoms with van der Waals surface area (Å²) in [7, 11) is 0. The van der Waals surface area contributed by atoms with Crippen molar-refractivity contribution in [2.24, 2.45) is 0 Å². The zero-order valence-corrected chi connectivity index (χ0v) is 22.3. The molecule has 3 aromatic rings. The molecule has 2 amide bonds. The van der Waals surface area contributed by atoms with Crippen LogP contribution in [0, 0.1) is 20.8 Å². The molecule has 0 aromatic heterocycles. The second kappa shape index (κ2) is 13.1. The van der Waals surface area contributed by atoms with Gasteiger partial charge < -0.3 is 15.0 Å². The van der Waals surface area contributed by atoms with Gasteiger partial charge in [-0.1, -0.05) is 67.1 Å². The van der Waals surface area contributed by atoms with Gasteiger partial charge in [0.2, 0.25) is 5.91 Å². The average Bonchev–Trinajstić information content (AvgIpc) is 2.87. The van der Waals surface area contributed by atoms with E-state index in [2.05, 4.69) is 11.4 Å². The van der Waals surface area contributed by atoms with E-state index in [4.69, 9.17) is 16.3 Å². The Bertz CT molecular complexity index is 1160. The lowest BCUT2D eigenvalue weighted by atomic mass is 10.0. The Morgan fingerprint density at radius 2 is 1.67 bits per heavy atom. The van der Waals surface area contributed by atoms with E-state index in [0.717, 1.165) is 34.2 Å². The van der Waals surface area contributed by atoms with Gasteiger partial charge in [-0.3, -0.25) is 9.59 Å². The molecule has 1 unspecified atom stereocenters. The second-order valence-electron chi connectivity index (χ2n) is 9.14. The van der Waals surface area contributed by atoms with E-state index in [0.29, 0.717) is 23.7 Å². The molecule has 3 rings (SSSR count). The molecule has 1 atom stereocenters. The van der Waals surface area contributed by atoms with Crippen molar-refractivity contribution in [1.29, 1.82) is 0 Å². The minimum absolute atomic E-state index is 0.163. The molecular formula is C30H35ClN2O3. The van der Waals surface area contributed by atoms with Gasteiger partial charge in [0.25, 0.3) is 5.91 Å². The van der Waals surface area contributed by atoms with Crippen molar-refractivity contribution in [1.82, 2.24) is 10.2 Å². The lowest BCUT2D eigenvalue weighted by Gasteiger charge is -2.31. The molecule has 36 heavy (non-hydrogen) atoms. The minimum Gasteiger partial charge on any atom is -0.483 e. The van der Waals surface area contributed by atoms with Crippen LogP contribution in [0.15, 0.2) is 66.7 Å². The summed E-state index contributed by atoms with van der Waals surface area (Å²) >= 11 is 6.08. The minimum atomic E-state index is -0.689. The summed E-state index contributed by atoms with van der Waals surface area (Å²) in [5, 5.41) is 3.60. The number of nitrogens with zero attached hydrogens (tertiary/aromatic N) is 1. The van der Waals surface area contributed by atoms with Crippen LogP contribution >= 0.6 is 11.6 Å². The first-order valence-corrected chi connectivity index (χ1v) is 12.7. The van der Waals surface area contributed by atoms with Gasteiger partial charge in [-0.25, -0.2) is 0 Å². The summed E-state index contributed by atoms with van der Waals surface area (Å²) in [6, 6.07) is 20.4. The van der Waals surface area contributed by atoms with Crippen LogP contribution in [0.25, 0.3) is 0 Å². The number of benzene rings is 3. The number of nitrogens with one attached hydrogen (secondary N) is 1. The van der Waals surface area contributed by atoms with E-state index in [1.165, 1.54) is 0 Å². The van der Waals surface area contributed by atoms with Crippen molar-refractivity contribution in [3.05, 3.63) is 99.6 Å². The van der Waals surface area contributed by atoms with Crippen molar-refractivity contribution < 1.29 is 14.3 Å². The Hall–Kier alpha value is -3.31. The Morgan fingerprint density at radius 1 is 0.972 bits per heavy atom. The Labute approximate surface area is 219 Å². The Balaban J connectivity index is 1.91. The summed E-state index contributed by atoms with van der Waals surface area (Å²) < 4.78 is 6.02. The Kier molecular flexibility index (Phi) is 9.95. The van der Waals surface area contributed by atoms with Crippen molar-refractivity contribution in [3.8, 4) is 5.75 Å². The lowest BCUT2D eigenvalue weighted by Crippen LogP contribution is -2.51. The van der Waals surface area contributed by atoms with Crippen LogP contribution in [0.5, 0.6) is 5.75 Å². The highest BCUT2D eigenvalue weighted by molar-refractivity contribution is 6.30. The standard InChI is InChI=1S/C30H35ClN2O3/c1-5-15-32-30(35)27(18-24-9-7-6-8-10-24)33(19-25-11-13-26(31)14-12-25)29(34)20-36-28-17-21(2)16-22(3)23(28)4/h6-14,16-17,27H,5,15,18-20H2,1-4H3,(H,32,35). The Morgan fingerprint density at radius 3 is 2.33 bits per heavy atom. The number of hydrogen-bond acceptors (Lipinski definition) is 3. The first-order valence-electron chi connectivity index (χ1n) is 12.3. The zero-order valence-electron chi connectivity index (χ0n) is 21.5. The molecule has 0 aliphatic carbocycles. The molecule has 3 aromatic carbocycles. The second-order valence-corrected chi connectivity index (χ2v) is 9.57. The highest BCUT2D eigenvalue weighted by Crippen LogP contribution is 2.24. The van der Waals surface area contributed by atoms with Crippen LogP contribution < -0.4 is 10.1 Å². The van der Waals surface area contributed by atoms with Gasteiger partial charge in [-0.05, 0) is 73.2 Å². The molecule has 0 spiro atoms. The average molecular weight is 507 g/mol. The first kappa shape index (κ1) is 27.3. The lowest BCUT2D eigenvalue weighted by molar-refractivity contribution is -0.142. The predicted octanol–water partition coefficient (Wildman–Crippen LogP) is 5.81. The number of rotatable bonds is 11. The van der Waals surface area contributed by atoms with E-state index < -0.39 is 6.04 Å². The van der Waals surface area contributed by atoms with E-state index in [9.17, 15) is 9.59 Å². The summed E-state index contributed by atoms with van der Waals surface area (Å²) in [6.07, 6.45) is 1.21. The molecule has 0 saturated carbocycles. The molecule has 0 bridgehead atoms. The maximum Gasteiger partial charge on any atom is 0.261 e. The molecule has 6 heteroatoms. The molecule has 0 radical (unpaired) electrons. The highest BCUT2D eigenvalue weighted by Gasteiger charge is 2.30. The largest absolute Gasteiger partial charge is 0.483 e. The predicted molar refractivity (Wildman–Crippen MR) is 145 cm³/mol. The summed E-state index contributed by atoms with van der Waals surface area (Å²) in [4.78, 5) is 28.6. The molecule has 0 aliphatic heterocycles. The number of hydrogen-bond donors (Lipinski definition) is 1. The van der Waals surface area contributed by atoms with Crippen LogP contribution in [0.2, 0.25) is 5.02 Å². The van der Waals surface area contributed by atoms with Gasteiger partial charge in [0, 0.05) is 24.5 Å². The first-order chi connectivity index (χ1) is 17.3. The zero-order chi connectivity index (χ0) is 26.1. The molecule has 0 saturated heterocycles. The number of aryl methyl sites for hydroxylation is 2. The molecule has 5 nitrogen and oxygen atoms in total. The fourth-order valence-electron chi connectivity index (χ4n) is 4.08. The maximum absolute atomic E-state index is 13.7. The van der Waals surface area contributed by atoms with Crippen LogP contribution in [-0.2, 0) is 22.6 Å². The third kappa shape index (κ3) is 7.59. The van der Waals surface area contributed by atoms with Crippen molar-refractivity contribution >= 4 is 23.4 Å². The van der Waals surface area contributed by atoms with Gasteiger partial charge in [0.05, 0.1) is 0 Å². The fourth-order valence-corrected chi connectivity index (χ4v) is 4.21. The maximum atomic E-state index is 13.7. The van der Waals surface area contributed by atoms with Gasteiger partial charge in [-0.2, -0.15) is 0 Å². The summed E-state index contributed by atoms with van der Waals surface area (Å²) in [5.41, 5.74) is 5.04. The smallest absolute Gasteiger partial charge is 0.261 e. The summed E-state index contributed by atoms with van der Waals surface area (Å²) in [5.74, 6) is 0.254. The highest BCUT2D eigenvalue weighted by atomic mass is 35.5. The van der Waals surface area contributed by atoms with Crippen LogP contribution in [-0.4, -0.2) is 35.9 Å². The third-order valence-corrected chi connectivity index (χ3v) is 6.45. The molecular weight excluding hydrogens is 472 g/mol. The molecule has 1 N–H and O–H groups in total. The molecule has 0 heterocycles. The fraction of sp³-hybridized carbons (Fsp3) is 0.333. The SMILES string of the molecule is CCCNC(=O)C(Cc1ccccc1)N(Cc1ccc(Cl)cc1)C(=O)COc1cc(C)cc(C)c1C.